The molecule has 0 radical (unpaired) electrons. The van der Waals surface area contributed by atoms with Crippen molar-refractivity contribution < 1.29 is 23.8 Å². The molecular formula is C25H32N2O5. The first-order valence-corrected chi connectivity index (χ1v) is 10.7. The molecule has 0 aromatic heterocycles. The van der Waals surface area contributed by atoms with E-state index >= 15 is 0 Å². The van der Waals surface area contributed by atoms with Crippen molar-refractivity contribution >= 4 is 17.5 Å². The first-order valence-electron chi connectivity index (χ1n) is 10.7. The van der Waals surface area contributed by atoms with E-state index in [2.05, 4.69) is 19.9 Å². The van der Waals surface area contributed by atoms with Crippen LogP contribution in [0.3, 0.4) is 0 Å². The van der Waals surface area contributed by atoms with Crippen molar-refractivity contribution in [1.82, 2.24) is 4.90 Å². The Bertz CT molecular complexity index is 988. The zero-order valence-electron chi connectivity index (χ0n) is 19.7. The number of amides is 2. The average Bonchev–Trinajstić information content (AvgIpc) is 3.19. The van der Waals surface area contributed by atoms with Crippen LogP contribution in [0.15, 0.2) is 36.4 Å². The Kier molecular flexibility index (Phi) is 7.28. The number of carbonyl (C=O) groups excluding carboxylic acids is 2. The van der Waals surface area contributed by atoms with Crippen molar-refractivity contribution in [2.24, 2.45) is 5.92 Å². The molecule has 7 nitrogen and oxygen atoms in total. The van der Waals surface area contributed by atoms with Gasteiger partial charge in [-0.1, -0.05) is 26.0 Å². The summed E-state index contributed by atoms with van der Waals surface area (Å²) in [6.45, 7) is 4.95. The maximum Gasteiger partial charge on any atom is 0.228 e. The Balaban J connectivity index is 1.75. The van der Waals surface area contributed by atoms with E-state index in [1.807, 2.05) is 24.3 Å². The second kappa shape index (κ2) is 9.94. The highest BCUT2D eigenvalue weighted by molar-refractivity contribution is 6.00. The number of methoxy groups -OCH3 is 3. The van der Waals surface area contributed by atoms with Gasteiger partial charge in [0.05, 0.1) is 27.2 Å². The monoisotopic (exact) mass is 440 g/mol. The molecular weight excluding hydrogens is 408 g/mol. The third-order valence-corrected chi connectivity index (χ3v) is 5.89. The summed E-state index contributed by atoms with van der Waals surface area (Å²) in [6, 6.07) is 11.6. The van der Waals surface area contributed by atoms with Crippen molar-refractivity contribution in [1.29, 1.82) is 0 Å². The fourth-order valence-electron chi connectivity index (χ4n) is 4.11. The van der Waals surface area contributed by atoms with Crippen LogP contribution < -0.4 is 19.1 Å². The first-order chi connectivity index (χ1) is 15.3. The van der Waals surface area contributed by atoms with Gasteiger partial charge in [-0.15, -0.1) is 0 Å². The molecule has 1 saturated heterocycles. The molecule has 7 heteroatoms. The minimum Gasteiger partial charge on any atom is -0.493 e. The zero-order chi connectivity index (χ0) is 23.4. The summed E-state index contributed by atoms with van der Waals surface area (Å²) in [5.41, 5.74) is 2.82. The summed E-state index contributed by atoms with van der Waals surface area (Å²) in [7, 11) is 6.41. The Morgan fingerprint density at radius 2 is 1.81 bits per heavy atom. The average molecular weight is 441 g/mol. The van der Waals surface area contributed by atoms with Gasteiger partial charge in [0.25, 0.3) is 0 Å². The molecule has 172 valence electrons. The second-order valence-electron chi connectivity index (χ2n) is 8.34. The summed E-state index contributed by atoms with van der Waals surface area (Å²) in [5.74, 6) is 1.46. The molecule has 2 aromatic rings. The van der Waals surface area contributed by atoms with Gasteiger partial charge in [-0.05, 0) is 35.7 Å². The Hall–Kier alpha value is -3.22. The van der Waals surface area contributed by atoms with E-state index in [0.29, 0.717) is 36.3 Å². The van der Waals surface area contributed by atoms with Gasteiger partial charge in [-0.3, -0.25) is 9.59 Å². The number of benzene rings is 2. The summed E-state index contributed by atoms with van der Waals surface area (Å²) >= 11 is 0. The van der Waals surface area contributed by atoms with Crippen LogP contribution in [0, 0.1) is 5.92 Å². The molecule has 32 heavy (non-hydrogen) atoms. The summed E-state index contributed by atoms with van der Waals surface area (Å²) in [5, 5.41) is 0. The molecule has 1 aliphatic rings. The second-order valence-corrected chi connectivity index (χ2v) is 8.34. The summed E-state index contributed by atoms with van der Waals surface area (Å²) in [6.07, 6.45) is 0.206. The molecule has 3 rings (SSSR count). The van der Waals surface area contributed by atoms with Crippen molar-refractivity contribution in [2.75, 3.05) is 39.8 Å². The van der Waals surface area contributed by atoms with Crippen LogP contribution in [0.1, 0.15) is 37.3 Å². The number of nitrogens with zero attached hydrogens (tertiary/aromatic N) is 2. The van der Waals surface area contributed by atoms with Gasteiger partial charge in [0.15, 0.2) is 11.5 Å². The number of hydrogen-bond donors (Lipinski definition) is 0. The smallest absolute Gasteiger partial charge is 0.228 e. The highest BCUT2D eigenvalue weighted by atomic mass is 16.5. The topological polar surface area (TPSA) is 68.3 Å². The molecule has 0 N–H and O–H groups in total. The van der Waals surface area contributed by atoms with Crippen molar-refractivity contribution in [2.45, 2.75) is 32.7 Å². The van der Waals surface area contributed by atoms with E-state index in [0.717, 1.165) is 11.3 Å². The van der Waals surface area contributed by atoms with Gasteiger partial charge >= 0.3 is 0 Å². The Labute approximate surface area is 189 Å². The maximum absolute atomic E-state index is 13.2. The third-order valence-electron chi connectivity index (χ3n) is 5.89. The predicted molar refractivity (Wildman–Crippen MR) is 124 cm³/mol. The highest BCUT2D eigenvalue weighted by Gasteiger charge is 2.36. The number of carbonyl (C=O) groups is 2. The lowest BCUT2D eigenvalue weighted by atomic mass is 10.0. The van der Waals surface area contributed by atoms with Crippen molar-refractivity contribution in [3.63, 3.8) is 0 Å². The number of rotatable bonds is 8. The Morgan fingerprint density at radius 3 is 2.44 bits per heavy atom. The van der Waals surface area contributed by atoms with E-state index in [9.17, 15) is 9.59 Å². The van der Waals surface area contributed by atoms with Gasteiger partial charge in [0.1, 0.15) is 0 Å². The lowest BCUT2D eigenvalue weighted by Crippen LogP contribution is -2.34. The Morgan fingerprint density at radius 1 is 1.09 bits per heavy atom. The third kappa shape index (κ3) is 4.66. The van der Waals surface area contributed by atoms with Crippen LogP contribution in [0.2, 0.25) is 0 Å². The fraction of sp³-hybridized carbons (Fsp3) is 0.440. The molecule has 2 amide bonds. The van der Waals surface area contributed by atoms with Gasteiger partial charge < -0.3 is 24.0 Å². The van der Waals surface area contributed by atoms with Crippen molar-refractivity contribution in [3.05, 3.63) is 47.5 Å². The zero-order valence-corrected chi connectivity index (χ0v) is 19.7. The number of anilines is 1. The summed E-state index contributed by atoms with van der Waals surface area (Å²) in [4.78, 5) is 29.2. The molecule has 1 fully saturated rings. The molecule has 1 atom stereocenters. The van der Waals surface area contributed by atoms with Gasteiger partial charge in [0, 0.05) is 37.8 Å². The van der Waals surface area contributed by atoms with Crippen molar-refractivity contribution in [3.8, 4) is 17.2 Å². The van der Waals surface area contributed by atoms with Crippen LogP contribution in [-0.4, -0.2) is 51.6 Å². The quantitative estimate of drug-likeness (QED) is 0.624. The van der Waals surface area contributed by atoms with Crippen LogP contribution >= 0.6 is 0 Å². The minimum absolute atomic E-state index is 0.0265. The molecule has 1 unspecified atom stereocenters. The van der Waals surface area contributed by atoms with E-state index < -0.39 is 0 Å². The molecule has 1 aliphatic heterocycles. The fourth-order valence-corrected chi connectivity index (χ4v) is 4.11. The van der Waals surface area contributed by atoms with E-state index in [4.69, 9.17) is 14.2 Å². The largest absolute Gasteiger partial charge is 0.493 e. The number of hydrogen-bond acceptors (Lipinski definition) is 5. The lowest BCUT2D eigenvalue weighted by Gasteiger charge is -2.23. The molecule has 0 aliphatic carbocycles. The van der Waals surface area contributed by atoms with Gasteiger partial charge in [0.2, 0.25) is 17.6 Å². The van der Waals surface area contributed by atoms with Gasteiger partial charge in [-0.2, -0.15) is 0 Å². The minimum atomic E-state index is -0.388. The lowest BCUT2D eigenvalue weighted by molar-refractivity contribution is -0.135. The number of ether oxygens (including phenoxy) is 3. The molecule has 2 aromatic carbocycles. The predicted octanol–water partition coefficient (Wildman–Crippen LogP) is 3.85. The van der Waals surface area contributed by atoms with Crippen LogP contribution in [-0.2, 0) is 16.1 Å². The molecule has 0 saturated carbocycles. The molecule has 1 heterocycles. The maximum atomic E-state index is 13.2. The normalized spacial score (nSPS) is 15.8. The van der Waals surface area contributed by atoms with E-state index in [1.54, 1.807) is 44.2 Å². The van der Waals surface area contributed by atoms with Crippen LogP contribution in [0.4, 0.5) is 5.69 Å². The summed E-state index contributed by atoms with van der Waals surface area (Å²) < 4.78 is 16.3. The molecule has 0 spiro atoms. The first kappa shape index (κ1) is 23.4. The van der Waals surface area contributed by atoms with E-state index in [-0.39, 0.29) is 24.2 Å². The SMILES string of the molecule is COc1ccc(CN(C)C(=O)C2CC(=O)N(c3cccc(C(C)C)c3)C2)c(OC)c1OC. The van der Waals surface area contributed by atoms with E-state index in [1.165, 1.54) is 5.56 Å². The van der Waals surface area contributed by atoms with Gasteiger partial charge in [-0.25, -0.2) is 0 Å². The van der Waals surface area contributed by atoms with Crippen LogP contribution in [0.25, 0.3) is 0 Å². The highest BCUT2D eigenvalue weighted by Crippen LogP contribution is 2.40. The van der Waals surface area contributed by atoms with Crippen LogP contribution in [0.5, 0.6) is 17.2 Å². The standard InChI is InChI=1S/C25H32N2O5/c1-16(2)17-8-7-9-20(12-17)27-15-19(13-22(27)28)25(29)26(3)14-18-10-11-21(30-4)24(32-6)23(18)31-5/h7-12,16,19H,13-15H2,1-6H3. The molecule has 0 bridgehead atoms.